The van der Waals surface area contributed by atoms with E-state index in [9.17, 15) is 4.79 Å². The third-order valence-electron chi connectivity index (χ3n) is 2.14. The quantitative estimate of drug-likeness (QED) is 0.551. The summed E-state index contributed by atoms with van der Waals surface area (Å²) in [6, 6.07) is 9.54. The van der Waals surface area contributed by atoms with Crippen LogP contribution in [0.1, 0.15) is 18.4 Å². The molecule has 4 heteroatoms. The highest BCUT2D eigenvalue weighted by Crippen LogP contribution is 2.01. The largest absolute Gasteiger partial charge is 0.461 e. The summed E-state index contributed by atoms with van der Waals surface area (Å²) in [7, 11) is 0. The van der Waals surface area contributed by atoms with E-state index in [2.05, 4.69) is 0 Å². The van der Waals surface area contributed by atoms with Crippen LogP contribution in [0.4, 0.5) is 0 Å². The molecule has 0 amide bonds. The zero-order chi connectivity index (χ0) is 12.3. The molecule has 0 saturated heterocycles. The van der Waals surface area contributed by atoms with Gasteiger partial charge in [0.15, 0.2) is 0 Å². The molecule has 94 valence electrons. The minimum Gasteiger partial charge on any atom is -0.461 e. The van der Waals surface area contributed by atoms with Crippen LogP contribution in [-0.2, 0) is 20.9 Å². The zero-order valence-electron chi connectivity index (χ0n) is 9.80. The van der Waals surface area contributed by atoms with Crippen molar-refractivity contribution in [3.05, 3.63) is 35.9 Å². The summed E-state index contributed by atoms with van der Waals surface area (Å²) in [6.45, 7) is 1.23. The first-order chi connectivity index (χ1) is 8.33. The summed E-state index contributed by atoms with van der Waals surface area (Å²) < 4.78 is 10.2. The zero-order valence-corrected chi connectivity index (χ0v) is 9.80. The fraction of sp³-hybridized carbons (Fsp3) is 0.462. The summed E-state index contributed by atoms with van der Waals surface area (Å²) in [5, 5.41) is 8.51. The Morgan fingerprint density at radius 1 is 1.18 bits per heavy atom. The molecule has 0 aliphatic heterocycles. The first-order valence-corrected chi connectivity index (χ1v) is 5.71. The molecule has 1 rings (SSSR count). The van der Waals surface area contributed by atoms with Gasteiger partial charge < -0.3 is 14.6 Å². The van der Waals surface area contributed by atoms with Gasteiger partial charge in [0, 0.05) is 13.2 Å². The first kappa shape index (κ1) is 13.7. The van der Waals surface area contributed by atoms with E-state index in [1.54, 1.807) is 0 Å². The van der Waals surface area contributed by atoms with Gasteiger partial charge in [-0.1, -0.05) is 30.3 Å². The predicted octanol–water partition coefficient (Wildman–Crippen LogP) is 1.52. The molecule has 0 bridgehead atoms. The van der Waals surface area contributed by atoms with Crippen molar-refractivity contribution in [1.29, 1.82) is 0 Å². The van der Waals surface area contributed by atoms with Crippen LogP contribution in [-0.4, -0.2) is 30.9 Å². The summed E-state index contributed by atoms with van der Waals surface area (Å²) in [6.07, 6.45) is 0.845. The van der Waals surface area contributed by atoms with Crippen molar-refractivity contribution in [3.63, 3.8) is 0 Å². The van der Waals surface area contributed by atoms with Gasteiger partial charge in [-0.3, -0.25) is 4.79 Å². The Morgan fingerprint density at radius 2 is 1.94 bits per heavy atom. The second kappa shape index (κ2) is 8.73. The average molecular weight is 238 g/mol. The molecule has 0 aromatic heterocycles. The molecule has 0 unspecified atom stereocenters. The van der Waals surface area contributed by atoms with Crippen molar-refractivity contribution in [1.82, 2.24) is 0 Å². The Bertz CT molecular complexity index is 310. The summed E-state index contributed by atoms with van der Waals surface area (Å²) in [4.78, 5) is 11.3. The minimum atomic E-state index is -0.266. The Kier molecular flexibility index (Phi) is 7.02. The Hall–Kier alpha value is -1.39. The number of aliphatic hydroxyl groups is 1. The summed E-state index contributed by atoms with van der Waals surface area (Å²) in [5.74, 6) is -0.266. The maximum absolute atomic E-state index is 11.3. The Labute approximate surface area is 101 Å². The van der Waals surface area contributed by atoms with Crippen LogP contribution in [0.5, 0.6) is 0 Å². The number of carbonyl (C=O) groups is 1. The predicted molar refractivity (Wildman–Crippen MR) is 63.4 cm³/mol. The lowest BCUT2D eigenvalue weighted by Crippen LogP contribution is -2.09. The van der Waals surface area contributed by atoms with Gasteiger partial charge in [0.05, 0.1) is 13.0 Å². The second-order valence-electron chi connectivity index (χ2n) is 3.59. The second-order valence-corrected chi connectivity index (χ2v) is 3.59. The molecule has 0 aliphatic rings. The van der Waals surface area contributed by atoms with Crippen LogP contribution in [0.25, 0.3) is 0 Å². The lowest BCUT2D eigenvalue weighted by molar-refractivity contribution is -0.146. The molecule has 0 aliphatic carbocycles. The van der Waals surface area contributed by atoms with E-state index in [4.69, 9.17) is 14.6 Å². The van der Waals surface area contributed by atoms with E-state index >= 15 is 0 Å². The molecule has 0 atom stereocenters. The van der Waals surface area contributed by atoms with Crippen molar-refractivity contribution in [2.75, 3.05) is 19.8 Å². The van der Waals surface area contributed by atoms with Gasteiger partial charge in [0.2, 0.25) is 0 Å². The average Bonchev–Trinajstić information content (AvgIpc) is 2.37. The molecule has 17 heavy (non-hydrogen) atoms. The Morgan fingerprint density at radius 3 is 2.65 bits per heavy atom. The molecular formula is C13H18O4. The van der Waals surface area contributed by atoms with Gasteiger partial charge >= 0.3 is 5.97 Å². The van der Waals surface area contributed by atoms with Crippen LogP contribution in [0.3, 0.4) is 0 Å². The van der Waals surface area contributed by atoms with Gasteiger partial charge in [0.25, 0.3) is 0 Å². The number of benzene rings is 1. The molecule has 0 heterocycles. The topological polar surface area (TPSA) is 55.8 Å². The standard InChI is InChI=1S/C13H18O4/c14-8-4-9-16-10-7-13(15)17-11-12-5-2-1-3-6-12/h1-3,5-6,14H,4,7-11H2. The normalized spacial score (nSPS) is 10.2. The maximum atomic E-state index is 11.3. The van der Waals surface area contributed by atoms with Gasteiger partial charge in [-0.05, 0) is 12.0 Å². The molecule has 1 N–H and O–H groups in total. The van der Waals surface area contributed by atoms with Crippen LogP contribution >= 0.6 is 0 Å². The van der Waals surface area contributed by atoms with E-state index in [1.807, 2.05) is 30.3 Å². The SMILES string of the molecule is O=C(CCOCCCO)OCc1ccccc1. The van der Waals surface area contributed by atoms with Gasteiger partial charge in [-0.25, -0.2) is 0 Å². The highest BCUT2D eigenvalue weighted by Gasteiger charge is 2.02. The van der Waals surface area contributed by atoms with Gasteiger partial charge in [-0.15, -0.1) is 0 Å². The monoisotopic (exact) mass is 238 g/mol. The van der Waals surface area contributed by atoms with Gasteiger partial charge in [-0.2, -0.15) is 0 Å². The molecule has 4 nitrogen and oxygen atoms in total. The Balaban J connectivity index is 2.05. The van der Waals surface area contributed by atoms with Crippen molar-refractivity contribution in [3.8, 4) is 0 Å². The molecule has 1 aromatic carbocycles. The van der Waals surface area contributed by atoms with Gasteiger partial charge in [0.1, 0.15) is 6.61 Å². The van der Waals surface area contributed by atoms with Crippen molar-refractivity contribution < 1.29 is 19.4 Å². The van der Waals surface area contributed by atoms with Crippen LogP contribution in [0.15, 0.2) is 30.3 Å². The number of rotatable bonds is 8. The number of esters is 1. The van der Waals surface area contributed by atoms with Crippen molar-refractivity contribution >= 4 is 5.97 Å². The van der Waals surface area contributed by atoms with E-state index in [0.29, 0.717) is 26.2 Å². The number of carbonyl (C=O) groups excluding carboxylic acids is 1. The number of hydrogen-bond donors (Lipinski definition) is 1. The molecule has 1 aromatic rings. The highest BCUT2D eigenvalue weighted by molar-refractivity contribution is 5.69. The minimum absolute atomic E-state index is 0.110. The smallest absolute Gasteiger partial charge is 0.308 e. The van der Waals surface area contributed by atoms with Crippen molar-refractivity contribution in [2.45, 2.75) is 19.4 Å². The van der Waals surface area contributed by atoms with E-state index in [1.165, 1.54) is 0 Å². The van der Waals surface area contributed by atoms with Crippen LogP contribution < -0.4 is 0 Å². The summed E-state index contributed by atoms with van der Waals surface area (Å²) in [5.41, 5.74) is 0.974. The summed E-state index contributed by atoms with van der Waals surface area (Å²) >= 11 is 0. The molecule has 0 fully saturated rings. The maximum Gasteiger partial charge on any atom is 0.308 e. The number of ether oxygens (including phenoxy) is 2. The third-order valence-corrected chi connectivity index (χ3v) is 2.14. The van der Waals surface area contributed by atoms with E-state index < -0.39 is 0 Å². The lowest BCUT2D eigenvalue weighted by atomic mass is 10.2. The molecule has 0 radical (unpaired) electrons. The lowest BCUT2D eigenvalue weighted by Gasteiger charge is -2.05. The van der Waals surface area contributed by atoms with E-state index in [0.717, 1.165) is 5.56 Å². The van der Waals surface area contributed by atoms with Crippen LogP contribution in [0.2, 0.25) is 0 Å². The highest BCUT2D eigenvalue weighted by atomic mass is 16.5. The number of aliphatic hydroxyl groups excluding tert-OH is 1. The molecule has 0 spiro atoms. The number of hydrogen-bond acceptors (Lipinski definition) is 4. The molecule has 0 saturated carbocycles. The van der Waals surface area contributed by atoms with Crippen LogP contribution in [0, 0.1) is 0 Å². The first-order valence-electron chi connectivity index (χ1n) is 5.71. The fourth-order valence-corrected chi connectivity index (χ4v) is 1.23. The van der Waals surface area contributed by atoms with Crippen molar-refractivity contribution in [2.24, 2.45) is 0 Å². The third kappa shape index (κ3) is 6.71. The molecular weight excluding hydrogens is 220 g/mol. The van der Waals surface area contributed by atoms with E-state index in [-0.39, 0.29) is 19.0 Å². The fourth-order valence-electron chi connectivity index (χ4n) is 1.23.